The first-order valence-electron chi connectivity index (χ1n) is 15.3. The minimum Gasteiger partial charge on any atom is -0.424 e. The lowest BCUT2D eigenvalue weighted by Gasteiger charge is -2.34. The van der Waals surface area contributed by atoms with Gasteiger partial charge in [0.05, 0.1) is 12.6 Å². The maximum atomic E-state index is 13.2. The molecule has 2 fully saturated rings. The number of fused-ring (bicyclic) bond motifs is 3. The summed E-state index contributed by atoms with van der Waals surface area (Å²) in [5.74, 6) is 0.975. The Hall–Kier alpha value is -4.56. The maximum absolute atomic E-state index is 13.2. The number of nitrogens with one attached hydrogen (secondary N) is 3. The van der Waals surface area contributed by atoms with E-state index in [1.807, 2.05) is 43.3 Å². The largest absolute Gasteiger partial charge is 0.424 e. The topological polar surface area (TPSA) is 153 Å². The zero-order valence-corrected chi connectivity index (χ0v) is 25.3. The third-order valence-corrected chi connectivity index (χ3v) is 9.40. The van der Waals surface area contributed by atoms with Gasteiger partial charge in [-0.15, -0.1) is 10.2 Å². The van der Waals surface area contributed by atoms with E-state index >= 15 is 0 Å². The Kier molecular flexibility index (Phi) is 7.95. The third kappa shape index (κ3) is 5.03. The number of amides is 3. The van der Waals surface area contributed by atoms with Gasteiger partial charge in [0.2, 0.25) is 17.7 Å². The maximum Gasteiger partial charge on any atom is 0.251 e. The van der Waals surface area contributed by atoms with Crippen LogP contribution in [-0.4, -0.2) is 72.1 Å². The SMILES string of the molecule is CCc1nnc(C2(CCNCC(=O)N3[C@H](C#N)C[C@@H]4C[C@@H]43)c3ccc(C(=O)NC)cc3CCc3cc(C(=O)NC)ccc32)o1. The summed E-state index contributed by atoms with van der Waals surface area (Å²) in [7, 11) is 3.22. The van der Waals surface area contributed by atoms with Crippen molar-refractivity contribution in [3.05, 3.63) is 81.6 Å². The molecular weight excluding hydrogens is 558 g/mol. The van der Waals surface area contributed by atoms with Crippen molar-refractivity contribution in [3.63, 3.8) is 0 Å². The van der Waals surface area contributed by atoms with Crippen molar-refractivity contribution in [3.8, 4) is 6.07 Å². The highest BCUT2D eigenvalue weighted by Crippen LogP contribution is 2.48. The highest BCUT2D eigenvalue weighted by molar-refractivity contribution is 5.95. The van der Waals surface area contributed by atoms with Crippen LogP contribution in [0.5, 0.6) is 0 Å². The summed E-state index contributed by atoms with van der Waals surface area (Å²) in [4.78, 5) is 40.2. The summed E-state index contributed by atoms with van der Waals surface area (Å²) in [6, 6.07) is 13.5. The second-order valence-corrected chi connectivity index (χ2v) is 11.8. The molecule has 2 aliphatic carbocycles. The van der Waals surface area contributed by atoms with Crippen LogP contribution < -0.4 is 16.0 Å². The predicted octanol–water partition coefficient (Wildman–Crippen LogP) is 2.28. The number of hydrogen-bond donors (Lipinski definition) is 3. The molecule has 3 aliphatic rings. The Morgan fingerprint density at radius 1 is 1.00 bits per heavy atom. The molecule has 1 aliphatic heterocycles. The van der Waals surface area contributed by atoms with Crippen molar-refractivity contribution >= 4 is 17.7 Å². The molecule has 0 unspecified atom stereocenters. The van der Waals surface area contributed by atoms with Crippen LogP contribution in [0.4, 0.5) is 0 Å². The number of carbonyl (C=O) groups is 3. The molecule has 3 N–H and O–H groups in total. The molecule has 228 valence electrons. The molecule has 11 nitrogen and oxygen atoms in total. The fourth-order valence-electron chi connectivity index (χ4n) is 7.09. The van der Waals surface area contributed by atoms with E-state index in [9.17, 15) is 19.6 Å². The number of piperidine rings is 1. The van der Waals surface area contributed by atoms with E-state index in [4.69, 9.17) is 4.42 Å². The van der Waals surface area contributed by atoms with Gasteiger partial charge in [0.1, 0.15) is 11.5 Å². The molecule has 0 radical (unpaired) electrons. The van der Waals surface area contributed by atoms with Gasteiger partial charge in [0.15, 0.2) is 0 Å². The van der Waals surface area contributed by atoms with Crippen molar-refractivity contribution < 1.29 is 18.8 Å². The number of carbonyl (C=O) groups excluding carboxylic acids is 3. The van der Waals surface area contributed by atoms with Crippen LogP contribution in [0.15, 0.2) is 40.8 Å². The van der Waals surface area contributed by atoms with Gasteiger partial charge in [-0.1, -0.05) is 19.1 Å². The molecule has 44 heavy (non-hydrogen) atoms. The molecule has 0 bridgehead atoms. The summed E-state index contributed by atoms with van der Waals surface area (Å²) in [6.45, 7) is 2.50. The van der Waals surface area contributed by atoms with E-state index in [0.717, 1.165) is 35.1 Å². The molecule has 0 spiro atoms. The Morgan fingerprint density at radius 2 is 1.64 bits per heavy atom. The van der Waals surface area contributed by atoms with Crippen LogP contribution in [0, 0.1) is 17.2 Å². The third-order valence-electron chi connectivity index (χ3n) is 9.40. The molecule has 2 aromatic carbocycles. The molecule has 3 amide bonds. The first kappa shape index (κ1) is 29.5. The van der Waals surface area contributed by atoms with Crippen LogP contribution >= 0.6 is 0 Å². The minimum atomic E-state index is -0.912. The zero-order valence-electron chi connectivity index (χ0n) is 25.3. The highest BCUT2D eigenvalue weighted by atomic mass is 16.4. The number of nitriles is 1. The summed E-state index contributed by atoms with van der Waals surface area (Å²) < 4.78 is 6.33. The van der Waals surface area contributed by atoms with Gasteiger partial charge >= 0.3 is 0 Å². The second kappa shape index (κ2) is 11.8. The van der Waals surface area contributed by atoms with E-state index in [2.05, 4.69) is 32.2 Å². The Balaban J connectivity index is 1.41. The average Bonchev–Trinajstić information content (AvgIpc) is 3.49. The van der Waals surface area contributed by atoms with Gasteiger partial charge in [0.25, 0.3) is 11.8 Å². The number of aromatic nitrogens is 2. The standard InChI is InChI=1S/C33H37N7O4/c1-4-28-38-39-32(44-28)33(11-12-37-18-29(41)40-24(17-34)15-23-16-27(23)40)25-9-7-21(30(42)35-2)13-19(25)5-6-20-14-22(31(43)36-3)8-10-26(20)33/h7-10,13-14,23-24,27,37H,4-6,11-12,15-16,18H2,1-3H3,(H,35,42)(H,36,43)/t23-,24+,27+/m1/s1. The first-order chi connectivity index (χ1) is 21.3. The van der Waals surface area contributed by atoms with E-state index in [-0.39, 0.29) is 36.3 Å². The molecule has 1 aromatic heterocycles. The summed E-state index contributed by atoms with van der Waals surface area (Å²) in [5, 5.41) is 27.2. The number of benzene rings is 2. The Labute approximate surface area is 256 Å². The molecule has 1 saturated carbocycles. The van der Waals surface area contributed by atoms with Crippen molar-refractivity contribution in [2.45, 2.75) is 62.9 Å². The van der Waals surface area contributed by atoms with Gasteiger partial charge in [-0.05, 0) is 91.1 Å². The van der Waals surface area contributed by atoms with Crippen molar-refractivity contribution in [1.82, 2.24) is 31.0 Å². The molecular formula is C33H37N7O4. The van der Waals surface area contributed by atoms with E-state index in [1.54, 1.807) is 19.0 Å². The normalized spacial score (nSPS) is 20.9. The van der Waals surface area contributed by atoms with Crippen LogP contribution in [0.1, 0.15) is 80.9 Å². The molecule has 3 atom stereocenters. The fraction of sp³-hybridized carbons (Fsp3) is 0.455. The molecule has 2 heterocycles. The highest BCUT2D eigenvalue weighted by Gasteiger charge is 2.54. The van der Waals surface area contributed by atoms with Crippen molar-refractivity contribution in [2.75, 3.05) is 27.2 Å². The van der Waals surface area contributed by atoms with E-state index in [1.165, 1.54) is 0 Å². The lowest BCUT2D eigenvalue weighted by Crippen LogP contribution is -2.44. The molecule has 1 saturated heterocycles. The molecule has 3 aromatic rings. The Bertz CT molecular complexity index is 1590. The average molecular weight is 596 g/mol. The Morgan fingerprint density at radius 3 is 2.18 bits per heavy atom. The smallest absolute Gasteiger partial charge is 0.251 e. The number of rotatable bonds is 9. The predicted molar refractivity (Wildman–Crippen MR) is 161 cm³/mol. The van der Waals surface area contributed by atoms with E-state index < -0.39 is 5.41 Å². The quantitative estimate of drug-likeness (QED) is 0.319. The van der Waals surface area contributed by atoms with Gasteiger partial charge in [-0.2, -0.15) is 5.26 Å². The lowest BCUT2D eigenvalue weighted by atomic mass is 9.69. The van der Waals surface area contributed by atoms with Crippen LogP contribution in [0.3, 0.4) is 0 Å². The van der Waals surface area contributed by atoms with Gasteiger partial charge in [-0.3, -0.25) is 14.4 Å². The first-order valence-corrected chi connectivity index (χ1v) is 15.3. The van der Waals surface area contributed by atoms with Gasteiger partial charge in [-0.25, -0.2) is 0 Å². The second-order valence-electron chi connectivity index (χ2n) is 11.8. The zero-order chi connectivity index (χ0) is 31.0. The minimum absolute atomic E-state index is 0.0613. The monoisotopic (exact) mass is 595 g/mol. The summed E-state index contributed by atoms with van der Waals surface area (Å²) in [5.41, 5.74) is 4.04. The van der Waals surface area contributed by atoms with Gasteiger partial charge < -0.3 is 25.3 Å². The number of aryl methyl sites for hydroxylation is 3. The molecule has 6 rings (SSSR count). The van der Waals surface area contributed by atoms with Crippen molar-refractivity contribution in [1.29, 1.82) is 5.26 Å². The lowest BCUT2D eigenvalue weighted by molar-refractivity contribution is -0.131. The molecule has 11 heteroatoms. The van der Waals surface area contributed by atoms with Crippen LogP contribution in [0.25, 0.3) is 0 Å². The number of nitrogens with zero attached hydrogens (tertiary/aromatic N) is 4. The van der Waals surface area contributed by atoms with Gasteiger partial charge in [0, 0.05) is 37.7 Å². The fourth-order valence-corrected chi connectivity index (χ4v) is 7.09. The number of likely N-dealkylation sites (tertiary alicyclic amines) is 1. The summed E-state index contributed by atoms with van der Waals surface area (Å²) in [6.07, 6.45) is 4.06. The van der Waals surface area contributed by atoms with Crippen LogP contribution in [-0.2, 0) is 29.5 Å². The summed E-state index contributed by atoms with van der Waals surface area (Å²) >= 11 is 0. The van der Waals surface area contributed by atoms with Crippen molar-refractivity contribution in [2.24, 2.45) is 5.92 Å². The number of hydrogen-bond acceptors (Lipinski definition) is 8. The van der Waals surface area contributed by atoms with E-state index in [0.29, 0.717) is 61.1 Å². The van der Waals surface area contributed by atoms with Crippen LogP contribution in [0.2, 0.25) is 0 Å².